The Kier molecular flexibility index (Phi) is 4.02. The Morgan fingerprint density at radius 2 is 2.05 bits per heavy atom. The number of ether oxygens (including phenoxy) is 1. The lowest BCUT2D eigenvalue weighted by molar-refractivity contribution is 0.112. The molecule has 0 unspecified atom stereocenters. The van der Waals surface area contributed by atoms with E-state index in [1.54, 1.807) is 25.3 Å². The zero-order valence-electron chi connectivity index (χ0n) is 11.3. The van der Waals surface area contributed by atoms with Crippen molar-refractivity contribution in [3.05, 3.63) is 53.6 Å². The summed E-state index contributed by atoms with van der Waals surface area (Å²) in [6.07, 6.45) is 0.732. The first-order chi connectivity index (χ1) is 9.69. The Morgan fingerprint density at radius 3 is 2.70 bits per heavy atom. The molecule has 4 nitrogen and oxygen atoms in total. The second kappa shape index (κ2) is 5.89. The van der Waals surface area contributed by atoms with Gasteiger partial charge in [0.15, 0.2) is 0 Å². The van der Waals surface area contributed by atoms with Gasteiger partial charge in [0.1, 0.15) is 18.1 Å². The van der Waals surface area contributed by atoms with Crippen LogP contribution in [-0.2, 0) is 0 Å². The number of aldehydes is 1. The van der Waals surface area contributed by atoms with E-state index in [-0.39, 0.29) is 0 Å². The van der Waals surface area contributed by atoms with E-state index < -0.39 is 0 Å². The van der Waals surface area contributed by atoms with Gasteiger partial charge >= 0.3 is 0 Å². The first kappa shape index (κ1) is 13.6. The van der Waals surface area contributed by atoms with Crippen LogP contribution in [0.5, 0.6) is 5.75 Å². The topological polar surface area (TPSA) is 53.3 Å². The molecule has 0 heterocycles. The minimum absolute atomic E-state index is 0.458. The highest BCUT2D eigenvalue weighted by molar-refractivity contribution is 5.79. The number of carbonyl (C=O) groups excluding carboxylic acids is 1. The van der Waals surface area contributed by atoms with E-state index in [0.717, 1.165) is 23.4 Å². The first-order valence-corrected chi connectivity index (χ1v) is 6.06. The lowest BCUT2D eigenvalue weighted by Gasteiger charge is -2.21. The fourth-order valence-electron chi connectivity index (χ4n) is 1.97. The van der Waals surface area contributed by atoms with Gasteiger partial charge in [0.25, 0.3) is 0 Å². The van der Waals surface area contributed by atoms with Crippen molar-refractivity contribution in [1.82, 2.24) is 0 Å². The third kappa shape index (κ3) is 2.62. The van der Waals surface area contributed by atoms with Crippen molar-refractivity contribution in [2.24, 2.45) is 0 Å². The maximum absolute atomic E-state index is 10.8. The van der Waals surface area contributed by atoms with Crippen LogP contribution in [0.3, 0.4) is 0 Å². The van der Waals surface area contributed by atoms with Crippen molar-refractivity contribution in [3.63, 3.8) is 0 Å². The van der Waals surface area contributed by atoms with Crippen LogP contribution in [0.15, 0.2) is 42.5 Å². The van der Waals surface area contributed by atoms with Gasteiger partial charge in [-0.2, -0.15) is 5.26 Å². The van der Waals surface area contributed by atoms with Gasteiger partial charge in [-0.1, -0.05) is 6.07 Å². The summed E-state index contributed by atoms with van der Waals surface area (Å²) >= 11 is 0. The van der Waals surface area contributed by atoms with E-state index in [4.69, 9.17) is 4.74 Å². The normalized spacial score (nSPS) is 9.65. The van der Waals surface area contributed by atoms with Crippen LogP contribution in [0.4, 0.5) is 11.4 Å². The number of benzene rings is 2. The number of hydrogen-bond donors (Lipinski definition) is 0. The Balaban J connectivity index is 2.44. The average Bonchev–Trinajstić information content (AvgIpc) is 2.53. The van der Waals surface area contributed by atoms with E-state index in [9.17, 15) is 10.1 Å². The largest absolute Gasteiger partial charge is 0.497 e. The molecule has 100 valence electrons. The number of anilines is 2. The number of nitriles is 1. The molecule has 0 aliphatic rings. The molecule has 0 radical (unpaired) electrons. The number of methoxy groups -OCH3 is 1. The molecule has 0 aliphatic carbocycles. The standard InChI is InChI=1S/C16H14N2O2/c1-18(14-4-3-5-15(9-14)20-2)16-7-6-12(11-19)8-13(16)10-17/h3-9,11H,1-2H3. The fourth-order valence-corrected chi connectivity index (χ4v) is 1.97. The zero-order valence-corrected chi connectivity index (χ0v) is 11.3. The average molecular weight is 266 g/mol. The number of rotatable bonds is 4. The summed E-state index contributed by atoms with van der Waals surface area (Å²) < 4.78 is 5.20. The molecule has 0 fully saturated rings. The molecule has 0 atom stereocenters. The van der Waals surface area contributed by atoms with Crippen LogP contribution >= 0.6 is 0 Å². The highest BCUT2D eigenvalue weighted by atomic mass is 16.5. The van der Waals surface area contributed by atoms with Crippen LogP contribution in [0, 0.1) is 11.3 Å². The Labute approximate surface area is 117 Å². The monoisotopic (exact) mass is 266 g/mol. The van der Waals surface area contributed by atoms with Crippen molar-refractivity contribution in [1.29, 1.82) is 5.26 Å². The first-order valence-electron chi connectivity index (χ1n) is 6.06. The highest BCUT2D eigenvalue weighted by Gasteiger charge is 2.10. The molecule has 0 aromatic heterocycles. The molecule has 0 bridgehead atoms. The lowest BCUT2D eigenvalue weighted by Crippen LogP contribution is -2.11. The van der Waals surface area contributed by atoms with E-state index in [0.29, 0.717) is 11.1 Å². The van der Waals surface area contributed by atoms with Crippen molar-refractivity contribution >= 4 is 17.7 Å². The smallest absolute Gasteiger partial charge is 0.150 e. The summed E-state index contributed by atoms with van der Waals surface area (Å²) in [6.45, 7) is 0. The summed E-state index contributed by atoms with van der Waals surface area (Å²) in [5.74, 6) is 0.748. The highest BCUT2D eigenvalue weighted by Crippen LogP contribution is 2.29. The van der Waals surface area contributed by atoms with Gasteiger partial charge in [0, 0.05) is 24.4 Å². The van der Waals surface area contributed by atoms with Crippen LogP contribution in [-0.4, -0.2) is 20.4 Å². The second-order valence-electron chi connectivity index (χ2n) is 4.27. The summed E-state index contributed by atoms with van der Waals surface area (Å²) in [4.78, 5) is 12.7. The van der Waals surface area contributed by atoms with Gasteiger partial charge in [0.2, 0.25) is 0 Å². The Morgan fingerprint density at radius 1 is 1.25 bits per heavy atom. The number of carbonyl (C=O) groups is 1. The predicted molar refractivity (Wildman–Crippen MR) is 77.6 cm³/mol. The SMILES string of the molecule is COc1cccc(N(C)c2ccc(C=O)cc2C#N)c1. The van der Waals surface area contributed by atoms with Gasteiger partial charge in [-0.15, -0.1) is 0 Å². The summed E-state index contributed by atoms with van der Waals surface area (Å²) in [5, 5.41) is 9.22. The summed E-state index contributed by atoms with van der Waals surface area (Å²) in [5.41, 5.74) is 2.59. The molecule has 0 aliphatic heterocycles. The number of hydrogen-bond acceptors (Lipinski definition) is 4. The molecular weight excluding hydrogens is 252 g/mol. The molecule has 4 heteroatoms. The third-order valence-electron chi connectivity index (χ3n) is 3.08. The van der Waals surface area contributed by atoms with Crippen LogP contribution in [0.2, 0.25) is 0 Å². The van der Waals surface area contributed by atoms with Crippen LogP contribution in [0.1, 0.15) is 15.9 Å². The molecular formula is C16H14N2O2. The van der Waals surface area contributed by atoms with Gasteiger partial charge in [-0.3, -0.25) is 4.79 Å². The minimum atomic E-state index is 0.458. The number of nitrogens with zero attached hydrogens (tertiary/aromatic N) is 2. The fraction of sp³-hybridized carbons (Fsp3) is 0.125. The van der Waals surface area contributed by atoms with E-state index in [1.165, 1.54) is 0 Å². The molecule has 2 aromatic rings. The van der Waals surface area contributed by atoms with E-state index >= 15 is 0 Å². The molecule has 0 N–H and O–H groups in total. The lowest BCUT2D eigenvalue weighted by atomic mass is 10.1. The maximum atomic E-state index is 10.8. The van der Waals surface area contributed by atoms with Gasteiger partial charge < -0.3 is 9.64 Å². The van der Waals surface area contributed by atoms with Gasteiger partial charge in [-0.25, -0.2) is 0 Å². The van der Waals surface area contributed by atoms with E-state index in [1.807, 2.05) is 36.2 Å². The predicted octanol–water partition coefficient (Wildman–Crippen LogP) is 3.15. The molecule has 2 aromatic carbocycles. The van der Waals surface area contributed by atoms with Gasteiger partial charge in [0.05, 0.1) is 18.4 Å². The zero-order chi connectivity index (χ0) is 14.5. The maximum Gasteiger partial charge on any atom is 0.150 e. The van der Waals surface area contributed by atoms with Crippen LogP contribution < -0.4 is 9.64 Å². The summed E-state index contributed by atoms with van der Waals surface area (Å²) in [7, 11) is 3.48. The van der Waals surface area contributed by atoms with Crippen LogP contribution in [0.25, 0.3) is 0 Å². The minimum Gasteiger partial charge on any atom is -0.497 e. The summed E-state index contributed by atoms with van der Waals surface area (Å²) in [6, 6.07) is 14.7. The quantitative estimate of drug-likeness (QED) is 0.798. The molecule has 0 saturated heterocycles. The third-order valence-corrected chi connectivity index (χ3v) is 3.08. The second-order valence-corrected chi connectivity index (χ2v) is 4.27. The van der Waals surface area contributed by atoms with Crippen molar-refractivity contribution in [3.8, 4) is 11.8 Å². The van der Waals surface area contributed by atoms with Crippen molar-refractivity contribution < 1.29 is 9.53 Å². The molecule has 2 rings (SSSR count). The van der Waals surface area contributed by atoms with Crippen molar-refractivity contribution in [2.45, 2.75) is 0 Å². The molecule has 0 spiro atoms. The molecule has 20 heavy (non-hydrogen) atoms. The Hall–Kier alpha value is -2.80. The molecule has 0 saturated carbocycles. The molecule has 0 amide bonds. The van der Waals surface area contributed by atoms with Gasteiger partial charge in [-0.05, 0) is 30.3 Å². The Bertz CT molecular complexity index is 674. The van der Waals surface area contributed by atoms with E-state index in [2.05, 4.69) is 6.07 Å². The van der Waals surface area contributed by atoms with Crippen molar-refractivity contribution in [2.75, 3.05) is 19.1 Å².